The van der Waals surface area contributed by atoms with Crippen LogP contribution in [0.2, 0.25) is 0 Å². The third-order valence-electron chi connectivity index (χ3n) is 26.0. The van der Waals surface area contributed by atoms with Crippen molar-refractivity contribution >= 4 is 150 Å². The zero-order chi connectivity index (χ0) is 77.1. The summed E-state index contributed by atoms with van der Waals surface area (Å²) in [4.78, 5) is 7.49. The molecule has 550 valence electrons. The molecule has 2 spiro atoms. The van der Waals surface area contributed by atoms with E-state index in [0.717, 1.165) is 28.4 Å². The fourth-order valence-corrected chi connectivity index (χ4v) is 23.8. The van der Waals surface area contributed by atoms with Gasteiger partial charge in [0.1, 0.15) is 0 Å². The second-order valence-electron chi connectivity index (χ2n) is 31.7. The summed E-state index contributed by atoms with van der Waals surface area (Å²) in [6, 6.07) is 153. The van der Waals surface area contributed by atoms with E-state index in [-0.39, 0.29) is 0 Å². The van der Waals surface area contributed by atoms with Crippen molar-refractivity contribution in [1.29, 1.82) is 0 Å². The SMILES string of the molecule is c1ccc(-n2c3ccccc3c3cc(-n4c5ccccc5c5cc6c(cc54)Sc4ccccc4C64c5ccccc5-n5c6ccccc6c6cccc4c65)ccc32)cc1.c1ccc(N(c2ccccc2)c2ccc(-n3c4ccccc4c4cc5c(cc43)Sc3ccccc3C53c4ccccc4-n4c5ccccc5c5cccc3c54)cc2)cc1. The molecule has 0 saturated carbocycles. The highest BCUT2D eigenvalue weighted by Gasteiger charge is 2.52. The lowest BCUT2D eigenvalue weighted by molar-refractivity contribution is 0.691. The van der Waals surface area contributed by atoms with Crippen LogP contribution in [-0.2, 0) is 10.8 Å². The van der Waals surface area contributed by atoms with Gasteiger partial charge in [-0.25, -0.2) is 0 Å². The predicted octanol–water partition coefficient (Wildman–Crippen LogP) is 28.6. The number of fused-ring (bicyclic) bond motifs is 31. The van der Waals surface area contributed by atoms with E-state index in [9.17, 15) is 0 Å². The number of anilines is 3. The number of rotatable bonds is 6. The molecule has 2 unspecified atom stereocenters. The Bertz CT molecular complexity index is 8170. The highest BCUT2D eigenvalue weighted by Crippen LogP contribution is 2.64. The van der Waals surface area contributed by atoms with E-state index < -0.39 is 10.8 Å². The molecule has 0 N–H and O–H groups in total. The minimum Gasteiger partial charge on any atom is -0.311 e. The van der Waals surface area contributed by atoms with Crippen molar-refractivity contribution in [2.75, 3.05) is 4.90 Å². The molecule has 4 aliphatic rings. The van der Waals surface area contributed by atoms with Gasteiger partial charge in [-0.1, -0.05) is 278 Å². The molecule has 4 aliphatic heterocycles. The van der Waals surface area contributed by atoms with Crippen LogP contribution in [0.15, 0.2) is 432 Å². The Morgan fingerprint density at radius 2 is 0.492 bits per heavy atom. The van der Waals surface area contributed by atoms with Gasteiger partial charge in [0, 0.05) is 108 Å². The smallest absolute Gasteiger partial charge is 0.0764 e. The van der Waals surface area contributed by atoms with E-state index in [1.807, 2.05) is 23.5 Å². The summed E-state index contributed by atoms with van der Waals surface area (Å²) in [5, 5.41) is 12.7. The Hall–Kier alpha value is -14.5. The van der Waals surface area contributed by atoms with Crippen LogP contribution in [0.25, 0.3) is 137 Å². The minimum absolute atomic E-state index is 0.533. The molecule has 118 heavy (non-hydrogen) atoms. The van der Waals surface area contributed by atoms with Gasteiger partial charge in [-0.05, 0) is 202 Å². The Morgan fingerprint density at radius 3 is 0.958 bits per heavy atom. The topological polar surface area (TPSA) is 27.9 Å². The van der Waals surface area contributed by atoms with Crippen molar-refractivity contribution in [2.24, 2.45) is 0 Å². The summed E-state index contributed by atoms with van der Waals surface area (Å²) in [7, 11) is 0. The summed E-state index contributed by atoms with van der Waals surface area (Å²) < 4.78 is 12.4. The number of hydrogen-bond donors (Lipinski definition) is 0. The van der Waals surface area contributed by atoms with Crippen LogP contribution in [-0.4, -0.2) is 22.8 Å². The predicted molar refractivity (Wildman–Crippen MR) is 491 cm³/mol. The highest BCUT2D eigenvalue weighted by atomic mass is 32.2. The van der Waals surface area contributed by atoms with Crippen LogP contribution in [0.3, 0.4) is 0 Å². The van der Waals surface area contributed by atoms with Crippen molar-refractivity contribution in [3.63, 3.8) is 0 Å². The van der Waals surface area contributed by atoms with Crippen molar-refractivity contribution in [3.05, 3.63) is 457 Å². The standard InChI is InChI=1S/C55H33N3S.C55H35N3S/c1-2-15-34(16-3-1)56-46-24-9-5-18-37(46)40-31-35(29-30-49(40)56)57-47-25-10-6-19-38(47)41-32-45-53(33-51(41)57)59-52-28-13-8-22-43(52)55(45)42-21-7-12-27-50(42)58-48-26-11-4-17-36(48)39-20-14-23-44(55)54(39)58;1-3-16-36(17-4-1)56(37-18-5-2-6-19-37)38-30-32-39(33-31-38)57-48-26-11-8-21-41(48)43-34-47-53(35-51(43)57)59-52-29-14-10-24-45(52)55(47)44-23-9-13-28-50(44)58-49-27-12-7-20-40(49)42-22-15-25-46(55)54(42)58/h1-33H;1-35H. The molecule has 5 aromatic heterocycles. The fraction of sp³-hybridized carbons (Fsp3) is 0.0182. The molecular formula is C110H68N6S2. The number of para-hydroxylation sites is 12. The van der Waals surface area contributed by atoms with Crippen molar-refractivity contribution in [1.82, 2.24) is 22.8 Å². The lowest BCUT2D eigenvalue weighted by Crippen LogP contribution is -2.37. The van der Waals surface area contributed by atoms with E-state index in [1.165, 1.54) is 190 Å². The summed E-state index contributed by atoms with van der Waals surface area (Å²) in [6.07, 6.45) is 0. The van der Waals surface area contributed by atoms with Gasteiger partial charge in [-0.2, -0.15) is 0 Å². The van der Waals surface area contributed by atoms with Gasteiger partial charge >= 0.3 is 0 Å². The second-order valence-corrected chi connectivity index (χ2v) is 33.9. The van der Waals surface area contributed by atoms with Crippen LogP contribution >= 0.6 is 23.5 Å². The summed E-state index contributed by atoms with van der Waals surface area (Å²) in [5.74, 6) is 0. The van der Waals surface area contributed by atoms with Crippen LogP contribution in [0.1, 0.15) is 44.5 Å². The third-order valence-corrected chi connectivity index (χ3v) is 28.3. The quantitative estimate of drug-likeness (QED) is 0.166. The molecule has 0 aliphatic carbocycles. The van der Waals surface area contributed by atoms with Crippen LogP contribution < -0.4 is 4.90 Å². The Kier molecular flexibility index (Phi) is 13.9. The molecule has 27 rings (SSSR count). The fourth-order valence-electron chi connectivity index (χ4n) is 21.4. The molecule has 6 nitrogen and oxygen atoms in total. The molecule has 2 atom stereocenters. The van der Waals surface area contributed by atoms with E-state index >= 15 is 0 Å². The zero-order valence-corrected chi connectivity index (χ0v) is 65.4. The molecule has 0 saturated heterocycles. The van der Waals surface area contributed by atoms with E-state index in [1.54, 1.807) is 0 Å². The monoisotopic (exact) mass is 1540 g/mol. The van der Waals surface area contributed by atoms with Gasteiger partial charge in [0.05, 0.1) is 77.4 Å². The molecule has 8 heteroatoms. The largest absolute Gasteiger partial charge is 0.311 e. The van der Waals surface area contributed by atoms with Gasteiger partial charge in [0.2, 0.25) is 0 Å². The van der Waals surface area contributed by atoms with Gasteiger partial charge < -0.3 is 27.7 Å². The first-order chi connectivity index (χ1) is 58.6. The second kappa shape index (κ2) is 25.0. The Morgan fingerprint density at radius 1 is 0.178 bits per heavy atom. The normalized spacial score (nSPS) is 15.3. The van der Waals surface area contributed by atoms with Gasteiger partial charge in [0.25, 0.3) is 0 Å². The molecule has 9 heterocycles. The van der Waals surface area contributed by atoms with E-state index in [4.69, 9.17) is 0 Å². The number of benzene rings is 18. The van der Waals surface area contributed by atoms with Crippen molar-refractivity contribution in [2.45, 2.75) is 30.4 Å². The molecule has 23 aromatic rings. The number of nitrogens with zero attached hydrogens (tertiary/aromatic N) is 6. The van der Waals surface area contributed by atoms with Gasteiger partial charge in [-0.3, -0.25) is 0 Å². The lowest BCUT2D eigenvalue weighted by Gasteiger charge is -2.45. The molecule has 0 amide bonds. The first-order valence-corrected chi connectivity index (χ1v) is 42.3. The Labute approximate surface area is 688 Å². The van der Waals surface area contributed by atoms with Crippen LogP contribution in [0, 0.1) is 0 Å². The average molecular weight is 1540 g/mol. The van der Waals surface area contributed by atoms with E-state index in [2.05, 4.69) is 440 Å². The summed E-state index contributed by atoms with van der Waals surface area (Å²) in [5.41, 5.74) is 31.2. The Balaban J connectivity index is 0.000000128. The maximum absolute atomic E-state index is 2.56. The van der Waals surface area contributed by atoms with Crippen LogP contribution in [0.5, 0.6) is 0 Å². The maximum atomic E-state index is 2.56. The first kappa shape index (κ1) is 65.8. The number of hydrogen-bond acceptors (Lipinski definition) is 3. The van der Waals surface area contributed by atoms with Gasteiger partial charge in [-0.15, -0.1) is 0 Å². The van der Waals surface area contributed by atoms with Crippen molar-refractivity contribution in [3.8, 4) is 28.4 Å². The molecule has 0 bridgehead atoms. The lowest BCUT2D eigenvalue weighted by atomic mass is 9.62. The zero-order valence-electron chi connectivity index (χ0n) is 63.8. The molecular weight excluding hydrogens is 1470 g/mol. The van der Waals surface area contributed by atoms with Gasteiger partial charge in [0.15, 0.2) is 0 Å². The highest BCUT2D eigenvalue weighted by molar-refractivity contribution is 7.99. The summed E-state index contributed by atoms with van der Waals surface area (Å²) >= 11 is 3.82. The average Bonchev–Trinajstić information content (AvgIpc) is 1.36. The maximum Gasteiger partial charge on any atom is 0.0764 e. The summed E-state index contributed by atoms with van der Waals surface area (Å²) in [6.45, 7) is 0. The van der Waals surface area contributed by atoms with Crippen LogP contribution in [0.4, 0.5) is 17.1 Å². The van der Waals surface area contributed by atoms with Crippen molar-refractivity contribution < 1.29 is 0 Å². The molecule has 0 fully saturated rings. The first-order valence-electron chi connectivity index (χ1n) is 40.6. The third kappa shape index (κ3) is 8.89. The van der Waals surface area contributed by atoms with E-state index in [0.29, 0.717) is 0 Å². The molecule has 0 radical (unpaired) electrons. The minimum atomic E-state index is -0.534. The molecule has 18 aromatic carbocycles. The number of aromatic nitrogens is 5.